The Balaban J connectivity index is 1.40. The lowest BCUT2D eigenvalue weighted by Gasteiger charge is -2.34. The zero-order valence-corrected chi connectivity index (χ0v) is 18.9. The van der Waals surface area contributed by atoms with Gasteiger partial charge in [-0.15, -0.1) is 0 Å². The van der Waals surface area contributed by atoms with E-state index in [0.29, 0.717) is 25.3 Å². The van der Waals surface area contributed by atoms with Crippen LogP contribution in [0, 0.1) is 6.92 Å². The van der Waals surface area contributed by atoms with Crippen molar-refractivity contribution in [2.75, 3.05) is 37.7 Å². The van der Waals surface area contributed by atoms with Crippen molar-refractivity contribution in [3.63, 3.8) is 0 Å². The number of unbranched alkanes of at least 4 members (excludes halogenated alkanes) is 1. The molecular formula is C23H26ClN3O2S. The Labute approximate surface area is 186 Å². The second kappa shape index (κ2) is 9.23. The minimum absolute atomic E-state index is 0.0579. The highest BCUT2D eigenvalue weighted by Gasteiger charge is 2.24. The van der Waals surface area contributed by atoms with E-state index in [1.54, 1.807) is 11.3 Å². The van der Waals surface area contributed by atoms with Crippen LogP contribution >= 0.6 is 22.9 Å². The highest BCUT2D eigenvalue weighted by Crippen LogP contribution is 2.34. The maximum Gasteiger partial charge on any atom is 0.254 e. The zero-order chi connectivity index (χ0) is 21.1. The van der Waals surface area contributed by atoms with Crippen LogP contribution in [-0.2, 0) is 0 Å². The van der Waals surface area contributed by atoms with Gasteiger partial charge in [0.2, 0.25) is 0 Å². The average Bonchev–Trinajstić information content (AvgIpc) is 3.22. The number of benzene rings is 2. The summed E-state index contributed by atoms with van der Waals surface area (Å²) in [7, 11) is 0. The van der Waals surface area contributed by atoms with E-state index in [1.165, 1.54) is 0 Å². The molecule has 4 rings (SSSR count). The summed E-state index contributed by atoms with van der Waals surface area (Å²) in [6.07, 6.45) is 2.10. The number of carbonyl (C=O) groups excluding carboxylic acids is 1. The SMILES string of the molecule is CCCCOc1cccc(C(=O)N2CCN(c3nc4c(C)c(Cl)ccc4s3)CC2)c1. The molecule has 30 heavy (non-hydrogen) atoms. The fourth-order valence-electron chi connectivity index (χ4n) is 3.56. The molecule has 7 heteroatoms. The fraction of sp³-hybridized carbons (Fsp3) is 0.391. The molecule has 2 heterocycles. The van der Waals surface area contributed by atoms with Crippen molar-refractivity contribution in [3.05, 3.63) is 52.5 Å². The number of hydrogen-bond donors (Lipinski definition) is 0. The molecule has 3 aromatic rings. The highest BCUT2D eigenvalue weighted by atomic mass is 35.5. The van der Waals surface area contributed by atoms with Gasteiger partial charge in [0.05, 0.1) is 16.8 Å². The molecule has 0 atom stereocenters. The highest BCUT2D eigenvalue weighted by molar-refractivity contribution is 7.22. The molecule has 1 aromatic heterocycles. The molecule has 0 bridgehead atoms. The van der Waals surface area contributed by atoms with Gasteiger partial charge in [-0.1, -0.05) is 42.3 Å². The summed E-state index contributed by atoms with van der Waals surface area (Å²) in [5.74, 6) is 0.818. The van der Waals surface area contributed by atoms with Crippen molar-refractivity contribution < 1.29 is 9.53 Å². The fourth-order valence-corrected chi connectivity index (χ4v) is 4.79. The van der Waals surface area contributed by atoms with Crippen LogP contribution in [0.15, 0.2) is 36.4 Å². The van der Waals surface area contributed by atoms with Crippen molar-refractivity contribution in [1.82, 2.24) is 9.88 Å². The van der Waals surface area contributed by atoms with Crippen molar-refractivity contribution in [2.24, 2.45) is 0 Å². The van der Waals surface area contributed by atoms with Crippen LogP contribution in [0.2, 0.25) is 5.02 Å². The quantitative estimate of drug-likeness (QED) is 0.478. The van der Waals surface area contributed by atoms with Gasteiger partial charge in [0.15, 0.2) is 5.13 Å². The molecule has 2 aromatic carbocycles. The Hall–Kier alpha value is -2.31. The Morgan fingerprint density at radius 3 is 2.77 bits per heavy atom. The first kappa shape index (κ1) is 20.9. The molecule has 1 saturated heterocycles. The monoisotopic (exact) mass is 443 g/mol. The van der Waals surface area contributed by atoms with Crippen molar-refractivity contribution >= 4 is 44.2 Å². The molecule has 0 aliphatic carbocycles. The number of aromatic nitrogens is 1. The minimum atomic E-state index is 0.0579. The maximum atomic E-state index is 13.0. The van der Waals surface area contributed by atoms with Crippen LogP contribution in [0.5, 0.6) is 5.75 Å². The molecule has 5 nitrogen and oxygen atoms in total. The number of anilines is 1. The van der Waals surface area contributed by atoms with Crippen LogP contribution < -0.4 is 9.64 Å². The number of carbonyl (C=O) groups is 1. The van der Waals surface area contributed by atoms with Gasteiger partial charge in [-0.3, -0.25) is 4.79 Å². The van der Waals surface area contributed by atoms with Gasteiger partial charge in [-0.25, -0.2) is 4.98 Å². The average molecular weight is 444 g/mol. The summed E-state index contributed by atoms with van der Waals surface area (Å²) >= 11 is 7.92. The lowest BCUT2D eigenvalue weighted by molar-refractivity contribution is 0.0746. The molecule has 1 amide bonds. The number of fused-ring (bicyclic) bond motifs is 1. The number of hydrogen-bond acceptors (Lipinski definition) is 5. The normalized spacial score (nSPS) is 14.4. The van der Waals surface area contributed by atoms with E-state index in [4.69, 9.17) is 21.3 Å². The Morgan fingerprint density at radius 1 is 1.20 bits per heavy atom. The van der Waals surface area contributed by atoms with Crippen LogP contribution in [0.3, 0.4) is 0 Å². The number of amides is 1. The Kier molecular flexibility index (Phi) is 6.44. The smallest absolute Gasteiger partial charge is 0.254 e. The van der Waals surface area contributed by atoms with Crippen LogP contribution in [0.25, 0.3) is 10.2 Å². The van der Waals surface area contributed by atoms with E-state index in [0.717, 1.165) is 57.6 Å². The number of halogens is 1. The molecule has 0 unspecified atom stereocenters. The molecule has 0 saturated carbocycles. The van der Waals surface area contributed by atoms with E-state index in [-0.39, 0.29) is 5.91 Å². The largest absolute Gasteiger partial charge is 0.494 e. The summed E-state index contributed by atoms with van der Waals surface area (Å²) in [5, 5.41) is 1.74. The first-order valence-corrected chi connectivity index (χ1v) is 11.6. The standard InChI is InChI=1S/C23H26ClN3O2S/c1-3-4-14-29-18-7-5-6-17(15-18)22(28)26-10-12-27(13-11-26)23-25-21-16(2)19(24)8-9-20(21)30-23/h5-9,15H,3-4,10-14H2,1-2H3. The van der Waals surface area contributed by atoms with Crippen molar-refractivity contribution in [3.8, 4) is 5.75 Å². The van der Waals surface area contributed by atoms with E-state index < -0.39 is 0 Å². The van der Waals surface area contributed by atoms with Crippen molar-refractivity contribution in [2.45, 2.75) is 26.7 Å². The third-order valence-electron chi connectivity index (χ3n) is 5.42. The molecule has 1 aliphatic heterocycles. The van der Waals surface area contributed by atoms with Gasteiger partial charge in [-0.2, -0.15) is 0 Å². The molecule has 1 fully saturated rings. The Morgan fingerprint density at radius 2 is 2.00 bits per heavy atom. The first-order chi connectivity index (χ1) is 14.6. The van der Waals surface area contributed by atoms with Gasteiger partial charge >= 0.3 is 0 Å². The van der Waals surface area contributed by atoms with E-state index in [1.807, 2.05) is 48.2 Å². The van der Waals surface area contributed by atoms with Gasteiger partial charge in [0.25, 0.3) is 5.91 Å². The van der Waals surface area contributed by atoms with Gasteiger partial charge in [0, 0.05) is 36.8 Å². The Bertz CT molecular complexity index is 1040. The molecule has 0 radical (unpaired) electrons. The number of piperazine rings is 1. The van der Waals surface area contributed by atoms with Crippen LogP contribution in [0.1, 0.15) is 35.7 Å². The summed E-state index contributed by atoms with van der Waals surface area (Å²) in [5.41, 5.74) is 2.68. The van der Waals surface area contributed by atoms with E-state index >= 15 is 0 Å². The first-order valence-electron chi connectivity index (χ1n) is 10.4. The third-order valence-corrected chi connectivity index (χ3v) is 6.91. The van der Waals surface area contributed by atoms with E-state index in [9.17, 15) is 4.79 Å². The van der Waals surface area contributed by atoms with E-state index in [2.05, 4.69) is 11.8 Å². The predicted octanol–water partition coefficient (Wildman–Crippen LogP) is 5.40. The summed E-state index contributed by atoms with van der Waals surface area (Å²) in [6, 6.07) is 11.5. The molecule has 0 N–H and O–H groups in total. The zero-order valence-electron chi connectivity index (χ0n) is 17.4. The molecular weight excluding hydrogens is 418 g/mol. The topological polar surface area (TPSA) is 45.7 Å². The van der Waals surface area contributed by atoms with Gasteiger partial charge in [0.1, 0.15) is 5.75 Å². The number of rotatable bonds is 6. The summed E-state index contributed by atoms with van der Waals surface area (Å²) in [6.45, 7) is 7.71. The lowest BCUT2D eigenvalue weighted by atomic mass is 10.1. The number of aryl methyl sites for hydroxylation is 1. The molecule has 1 aliphatic rings. The van der Waals surface area contributed by atoms with Crippen molar-refractivity contribution in [1.29, 1.82) is 0 Å². The molecule has 158 valence electrons. The number of ether oxygens (including phenoxy) is 1. The second-order valence-corrected chi connectivity index (χ2v) is 8.94. The van der Waals surface area contributed by atoms with Crippen LogP contribution in [0.4, 0.5) is 5.13 Å². The lowest BCUT2D eigenvalue weighted by Crippen LogP contribution is -2.48. The third kappa shape index (κ3) is 4.40. The van der Waals surface area contributed by atoms with Gasteiger partial charge < -0.3 is 14.5 Å². The summed E-state index contributed by atoms with van der Waals surface area (Å²) in [4.78, 5) is 22.0. The maximum absolute atomic E-state index is 13.0. The van der Waals surface area contributed by atoms with Crippen LogP contribution in [-0.4, -0.2) is 48.6 Å². The molecule has 0 spiro atoms. The van der Waals surface area contributed by atoms with Gasteiger partial charge in [-0.05, 0) is 49.2 Å². The number of thiazole rings is 1. The second-order valence-electron chi connectivity index (χ2n) is 7.52. The number of nitrogens with zero attached hydrogens (tertiary/aromatic N) is 3. The minimum Gasteiger partial charge on any atom is -0.494 e. The summed E-state index contributed by atoms with van der Waals surface area (Å²) < 4.78 is 6.89. The predicted molar refractivity (Wildman–Crippen MR) is 124 cm³/mol.